The average molecular weight is 280 g/mol. The van der Waals surface area contributed by atoms with E-state index >= 15 is 0 Å². The third-order valence-corrected chi connectivity index (χ3v) is 3.37. The summed E-state index contributed by atoms with van der Waals surface area (Å²) in [6.07, 6.45) is -0.420. The van der Waals surface area contributed by atoms with E-state index in [1.54, 1.807) is 4.90 Å². The highest BCUT2D eigenvalue weighted by atomic mass is 16.5. The van der Waals surface area contributed by atoms with Gasteiger partial charge in [0, 0.05) is 30.0 Å². The summed E-state index contributed by atoms with van der Waals surface area (Å²) < 4.78 is 5.22. The van der Waals surface area contributed by atoms with Crippen LogP contribution >= 0.6 is 0 Å². The molecule has 0 saturated carbocycles. The molecule has 110 valence electrons. The highest BCUT2D eigenvalue weighted by Crippen LogP contribution is 2.14. The lowest BCUT2D eigenvalue weighted by atomic mass is 10.1. The number of amides is 1. The van der Waals surface area contributed by atoms with Gasteiger partial charge in [-0.1, -0.05) is 0 Å². The maximum Gasteiger partial charge on any atom is 0.227 e. The number of ether oxygens (including phenoxy) is 1. The monoisotopic (exact) mass is 280 g/mol. The van der Waals surface area contributed by atoms with Crippen LogP contribution in [0.25, 0.3) is 0 Å². The number of carbonyl (C=O) groups is 1. The molecule has 1 aliphatic heterocycles. The molecule has 1 atom stereocenters. The Bertz CT molecular complexity index is 483. The Morgan fingerprint density at radius 2 is 2.10 bits per heavy atom. The zero-order valence-electron chi connectivity index (χ0n) is 11.8. The first kappa shape index (κ1) is 14.7. The smallest absolute Gasteiger partial charge is 0.227 e. The second kappa shape index (κ2) is 6.15. The normalized spacial score (nSPS) is 19.8. The van der Waals surface area contributed by atoms with Crippen molar-refractivity contribution in [1.29, 1.82) is 0 Å². The van der Waals surface area contributed by atoms with E-state index in [0.29, 0.717) is 19.7 Å². The number of hydrogen-bond donors (Lipinski definition) is 2. The Balaban J connectivity index is 2.11. The largest absolute Gasteiger partial charge is 0.389 e. The SMILES string of the molecule is Cc1nc(N)nc(C)c1CC(=O)N1CCOCC(O)C1. The minimum absolute atomic E-state index is 0.0610. The zero-order valence-corrected chi connectivity index (χ0v) is 11.8. The minimum atomic E-state index is -0.633. The van der Waals surface area contributed by atoms with Crippen molar-refractivity contribution in [2.75, 3.05) is 32.0 Å². The van der Waals surface area contributed by atoms with Crippen molar-refractivity contribution in [3.63, 3.8) is 0 Å². The first-order valence-corrected chi connectivity index (χ1v) is 6.60. The van der Waals surface area contributed by atoms with Gasteiger partial charge in [0.25, 0.3) is 0 Å². The first-order valence-electron chi connectivity index (χ1n) is 6.60. The molecular formula is C13H20N4O3. The van der Waals surface area contributed by atoms with Gasteiger partial charge >= 0.3 is 0 Å². The minimum Gasteiger partial charge on any atom is -0.389 e. The highest BCUT2D eigenvalue weighted by molar-refractivity contribution is 5.79. The number of aromatic nitrogens is 2. The highest BCUT2D eigenvalue weighted by Gasteiger charge is 2.22. The number of nitrogen functional groups attached to an aromatic ring is 1. The number of aliphatic hydroxyl groups excluding tert-OH is 1. The predicted octanol–water partition coefficient (Wildman–Crippen LogP) is -0.562. The van der Waals surface area contributed by atoms with Crippen molar-refractivity contribution >= 4 is 11.9 Å². The van der Waals surface area contributed by atoms with E-state index in [1.165, 1.54) is 0 Å². The van der Waals surface area contributed by atoms with E-state index in [9.17, 15) is 9.90 Å². The molecule has 1 aromatic rings. The van der Waals surface area contributed by atoms with Gasteiger partial charge in [0.2, 0.25) is 11.9 Å². The van der Waals surface area contributed by atoms with Crippen molar-refractivity contribution in [3.05, 3.63) is 17.0 Å². The van der Waals surface area contributed by atoms with E-state index in [-0.39, 0.29) is 24.9 Å². The fraction of sp³-hybridized carbons (Fsp3) is 0.615. The molecule has 2 heterocycles. The molecule has 1 fully saturated rings. The zero-order chi connectivity index (χ0) is 14.7. The molecule has 20 heavy (non-hydrogen) atoms. The molecule has 1 aliphatic rings. The van der Waals surface area contributed by atoms with E-state index in [2.05, 4.69) is 9.97 Å². The second-order valence-corrected chi connectivity index (χ2v) is 4.98. The van der Waals surface area contributed by atoms with Crippen LogP contribution in [-0.4, -0.2) is 58.3 Å². The summed E-state index contributed by atoms with van der Waals surface area (Å²) in [7, 11) is 0. The van der Waals surface area contributed by atoms with Gasteiger partial charge in [0.1, 0.15) is 0 Å². The summed E-state index contributed by atoms with van der Waals surface area (Å²) in [4.78, 5) is 22.1. The molecule has 1 amide bonds. The summed E-state index contributed by atoms with van der Waals surface area (Å²) in [6, 6.07) is 0. The molecule has 1 aromatic heterocycles. The van der Waals surface area contributed by atoms with Crippen LogP contribution in [-0.2, 0) is 16.0 Å². The lowest BCUT2D eigenvalue weighted by Gasteiger charge is -2.22. The van der Waals surface area contributed by atoms with Gasteiger partial charge in [-0.05, 0) is 13.8 Å². The number of aryl methyl sites for hydroxylation is 2. The van der Waals surface area contributed by atoms with Gasteiger partial charge in [0.15, 0.2) is 0 Å². The van der Waals surface area contributed by atoms with Gasteiger partial charge in [-0.2, -0.15) is 0 Å². The van der Waals surface area contributed by atoms with Crippen molar-refractivity contribution in [3.8, 4) is 0 Å². The number of anilines is 1. The number of nitrogens with zero attached hydrogens (tertiary/aromatic N) is 3. The summed E-state index contributed by atoms with van der Waals surface area (Å²) >= 11 is 0. The summed E-state index contributed by atoms with van der Waals surface area (Å²) in [5.41, 5.74) is 7.80. The standard InChI is InChI=1S/C13H20N4O3/c1-8-11(9(2)16-13(14)15-8)5-12(19)17-3-4-20-7-10(18)6-17/h10,18H,3-7H2,1-2H3,(H2,14,15,16). The summed E-state index contributed by atoms with van der Waals surface area (Å²) in [6.45, 7) is 5.13. The van der Waals surface area contributed by atoms with E-state index in [4.69, 9.17) is 10.5 Å². The number of β-amino-alcohol motifs (C(OH)–C–C–N with tert-alkyl or cyclic N) is 1. The van der Waals surface area contributed by atoms with Gasteiger partial charge in [-0.3, -0.25) is 4.79 Å². The maximum atomic E-state index is 12.3. The van der Waals surface area contributed by atoms with Crippen LogP contribution in [0.2, 0.25) is 0 Å². The molecule has 0 spiro atoms. The number of aliphatic hydroxyl groups is 1. The number of rotatable bonds is 2. The Morgan fingerprint density at radius 3 is 2.75 bits per heavy atom. The lowest BCUT2D eigenvalue weighted by molar-refractivity contribution is -0.131. The number of hydrogen-bond acceptors (Lipinski definition) is 6. The molecule has 0 radical (unpaired) electrons. The molecule has 1 saturated heterocycles. The first-order chi connectivity index (χ1) is 9.47. The third kappa shape index (κ3) is 3.43. The Morgan fingerprint density at radius 1 is 1.45 bits per heavy atom. The Hall–Kier alpha value is -1.73. The van der Waals surface area contributed by atoms with Crippen molar-refractivity contribution in [2.24, 2.45) is 0 Å². The van der Waals surface area contributed by atoms with Crippen molar-refractivity contribution in [1.82, 2.24) is 14.9 Å². The Kier molecular flexibility index (Phi) is 4.51. The van der Waals surface area contributed by atoms with E-state index in [0.717, 1.165) is 17.0 Å². The number of nitrogens with two attached hydrogens (primary N) is 1. The van der Waals surface area contributed by atoms with E-state index in [1.807, 2.05) is 13.8 Å². The van der Waals surface area contributed by atoms with Gasteiger partial charge < -0.3 is 20.5 Å². The predicted molar refractivity (Wildman–Crippen MR) is 73.0 cm³/mol. The van der Waals surface area contributed by atoms with Crippen LogP contribution in [0.3, 0.4) is 0 Å². The molecule has 7 nitrogen and oxygen atoms in total. The van der Waals surface area contributed by atoms with E-state index < -0.39 is 6.10 Å². The second-order valence-electron chi connectivity index (χ2n) is 4.98. The lowest BCUT2D eigenvalue weighted by Crippen LogP contribution is -2.38. The fourth-order valence-corrected chi connectivity index (χ4v) is 2.30. The van der Waals surface area contributed by atoms with Crippen LogP contribution in [0.5, 0.6) is 0 Å². The molecule has 1 unspecified atom stereocenters. The molecule has 0 aromatic carbocycles. The van der Waals surface area contributed by atoms with Crippen molar-refractivity contribution in [2.45, 2.75) is 26.4 Å². The Labute approximate surface area is 117 Å². The van der Waals surface area contributed by atoms with Crippen molar-refractivity contribution < 1.29 is 14.6 Å². The summed E-state index contributed by atoms with van der Waals surface area (Å²) in [5, 5.41) is 9.66. The molecule has 0 aliphatic carbocycles. The number of carbonyl (C=O) groups excluding carboxylic acids is 1. The van der Waals surface area contributed by atoms with Gasteiger partial charge in [0.05, 0.1) is 25.7 Å². The molecule has 7 heteroatoms. The van der Waals surface area contributed by atoms with Gasteiger partial charge in [-0.15, -0.1) is 0 Å². The van der Waals surface area contributed by atoms with Crippen LogP contribution in [0, 0.1) is 13.8 Å². The average Bonchev–Trinajstić information content (AvgIpc) is 2.58. The van der Waals surface area contributed by atoms with Gasteiger partial charge in [-0.25, -0.2) is 9.97 Å². The topological polar surface area (TPSA) is 102 Å². The van der Waals surface area contributed by atoms with Crippen LogP contribution in [0.4, 0.5) is 5.95 Å². The molecule has 0 bridgehead atoms. The van der Waals surface area contributed by atoms with Crippen LogP contribution in [0.1, 0.15) is 17.0 Å². The van der Waals surface area contributed by atoms with Crippen LogP contribution in [0.15, 0.2) is 0 Å². The van der Waals surface area contributed by atoms with Crippen LogP contribution < -0.4 is 5.73 Å². The maximum absolute atomic E-state index is 12.3. The molecule has 2 rings (SSSR count). The fourth-order valence-electron chi connectivity index (χ4n) is 2.30. The summed E-state index contributed by atoms with van der Waals surface area (Å²) in [5.74, 6) is 0.156. The third-order valence-electron chi connectivity index (χ3n) is 3.37. The molecular weight excluding hydrogens is 260 g/mol. The molecule has 3 N–H and O–H groups in total. The quantitative estimate of drug-likeness (QED) is 0.753.